The van der Waals surface area contributed by atoms with Crippen molar-refractivity contribution in [3.63, 3.8) is 0 Å². The van der Waals surface area contributed by atoms with Crippen LogP contribution in [0.25, 0.3) is 16.7 Å². The van der Waals surface area contributed by atoms with Gasteiger partial charge in [-0.1, -0.05) is 0 Å². The number of aromatic nitrogens is 4. The highest BCUT2D eigenvalue weighted by molar-refractivity contribution is 5.81. The van der Waals surface area contributed by atoms with Crippen molar-refractivity contribution in [2.45, 2.75) is 44.1 Å². The highest BCUT2D eigenvalue weighted by atomic mass is 16.3. The first-order valence-corrected chi connectivity index (χ1v) is 8.61. The van der Waals surface area contributed by atoms with Crippen LogP contribution < -0.4 is 5.73 Å². The summed E-state index contributed by atoms with van der Waals surface area (Å²) < 4.78 is 2.02. The molecule has 0 spiro atoms. The van der Waals surface area contributed by atoms with Gasteiger partial charge in [0.15, 0.2) is 0 Å². The van der Waals surface area contributed by atoms with E-state index in [0.29, 0.717) is 0 Å². The number of nitrogens with two attached hydrogens (primary N) is 1. The van der Waals surface area contributed by atoms with Crippen LogP contribution >= 0.6 is 0 Å². The van der Waals surface area contributed by atoms with Gasteiger partial charge in [0.1, 0.15) is 5.82 Å². The zero-order valence-corrected chi connectivity index (χ0v) is 14.4. The third-order valence-corrected chi connectivity index (χ3v) is 6.35. The highest BCUT2D eigenvalue weighted by Crippen LogP contribution is 2.76. The van der Waals surface area contributed by atoms with Crippen molar-refractivity contribution >= 4 is 16.9 Å². The molecule has 3 aromatic rings. The molecule has 6 nitrogen and oxygen atoms in total. The lowest BCUT2D eigenvalue weighted by molar-refractivity contribution is -0.247. The lowest BCUT2D eigenvalue weighted by atomic mass is 9.30. The van der Waals surface area contributed by atoms with Crippen molar-refractivity contribution in [1.29, 1.82) is 0 Å². The van der Waals surface area contributed by atoms with Gasteiger partial charge in [0.25, 0.3) is 0 Å². The second-order valence-electron chi connectivity index (χ2n) is 8.24. The van der Waals surface area contributed by atoms with Gasteiger partial charge in [-0.15, -0.1) is 0 Å². The van der Waals surface area contributed by atoms with E-state index in [4.69, 9.17) is 10.7 Å². The van der Waals surface area contributed by atoms with E-state index < -0.39 is 5.60 Å². The van der Waals surface area contributed by atoms with Crippen LogP contribution in [0.15, 0.2) is 36.8 Å². The summed E-state index contributed by atoms with van der Waals surface area (Å²) in [5.41, 5.74) is 7.52. The average molecular weight is 335 g/mol. The number of pyridine rings is 1. The van der Waals surface area contributed by atoms with E-state index in [1.807, 2.05) is 42.9 Å². The monoisotopic (exact) mass is 335 g/mol. The molecule has 3 aliphatic carbocycles. The van der Waals surface area contributed by atoms with Crippen molar-refractivity contribution in [2.24, 2.45) is 5.41 Å². The molecule has 0 atom stereocenters. The van der Waals surface area contributed by atoms with E-state index >= 15 is 0 Å². The quantitative estimate of drug-likeness (QED) is 0.768. The van der Waals surface area contributed by atoms with Gasteiger partial charge >= 0.3 is 0 Å². The normalized spacial score (nSPS) is 27.8. The van der Waals surface area contributed by atoms with E-state index in [0.717, 1.165) is 41.7 Å². The average Bonchev–Trinajstić information content (AvgIpc) is 2.86. The van der Waals surface area contributed by atoms with E-state index in [-0.39, 0.29) is 16.8 Å². The fraction of sp³-hybridized carbons (Fsp3) is 0.421. The third-order valence-electron chi connectivity index (χ3n) is 6.35. The Bertz CT molecular complexity index is 981. The first-order valence-electron chi connectivity index (χ1n) is 8.61. The summed E-state index contributed by atoms with van der Waals surface area (Å²) in [6, 6.07) is 6.05. The topological polar surface area (TPSA) is 89.8 Å². The second kappa shape index (κ2) is 4.38. The van der Waals surface area contributed by atoms with Crippen molar-refractivity contribution < 1.29 is 5.11 Å². The fourth-order valence-corrected chi connectivity index (χ4v) is 4.72. The van der Waals surface area contributed by atoms with Crippen LogP contribution in [0.1, 0.15) is 38.8 Å². The van der Waals surface area contributed by atoms with Crippen LogP contribution in [-0.2, 0) is 5.41 Å². The summed E-state index contributed by atoms with van der Waals surface area (Å²) in [6.07, 6.45) is 8.64. The Morgan fingerprint density at radius 3 is 2.64 bits per heavy atom. The van der Waals surface area contributed by atoms with Gasteiger partial charge in [0.2, 0.25) is 5.95 Å². The fourth-order valence-electron chi connectivity index (χ4n) is 4.72. The molecule has 0 aliphatic heterocycles. The maximum Gasteiger partial charge on any atom is 0.221 e. The summed E-state index contributed by atoms with van der Waals surface area (Å²) >= 11 is 0. The zero-order chi connectivity index (χ0) is 17.4. The smallest absolute Gasteiger partial charge is 0.221 e. The second-order valence-corrected chi connectivity index (χ2v) is 8.24. The number of aliphatic hydroxyl groups is 1. The number of hydrogen-bond donors (Lipinski definition) is 2. The lowest BCUT2D eigenvalue weighted by Gasteiger charge is -2.74. The molecule has 25 heavy (non-hydrogen) atoms. The van der Waals surface area contributed by atoms with Crippen LogP contribution in [0.5, 0.6) is 0 Å². The molecule has 0 aromatic carbocycles. The Labute approximate surface area is 145 Å². The van der Waals surface area contributed by atoms with Crippen LogP contribution in [0.4, 0.5) is 5.95 Å². The van der Waals surface area contributed by atoms with Crippen LogP contribution in [0, 0.1) is 5.41 Å². The number of fused-ring (bicyclic) bond motifs is 1. The van der Waals surface area contributed by atoms with Gasteiger partial charge in [0.05, 0.1) is 11.1 Å². The summed E-state index contributed by atoms with van der Waals surface area (Å²) in [6.45, 7) is 3.86. The molecule has 6 rings (SSSR count). The number of rotatable bonds is 3. The molecular formula is C19H21N5O. The molecule has 0 radical (unpaired) electrons. The molecule has 3 N–H and O–H groups in total. The molecule has 2 bridgehead atoms. The summed E-state index contributed by atoms with van der Waals surface area (Å²) in [5.74, 6) is 1.02. The maximum absolute atomic E-state index is 10.4. The minimum atomic E-state index is -0.614. The van der Waals surface area contributed by atoms with Crippen molar-refractivity contribution in [2.75, 3.05) is 5.73 Å². The number of nitrogens with zero attached hydrogens (tertiary/aromatic N) is 4. The highest BCUT2D eigenvalue weighted by Gasteiger charge is 2.73. The molecule has 0 amide bonds. The van der Waals surface area contributed by atoms with Crippen LogP contribution in [0.2, 0.25) is 0 Å². The Hall–Kier alpha value is -2.47. The molecule has 3 saturated carbocycles. The molecule has 3 fully saturated rings. The number of hydrogen-bond acceptors (Lipinski definition) is 5. The zero-order valence-electron chi connectivity index (χ0n) is 14.4. The number of anilines is 1. The lowest BCUT2D eigenvalue weighted by Crippen LogP contribution is -2.72. The third kappa shape index (κ3) is 1.86. The molecule has 128 valence electrons. The molecular weight excluding hydrogens is 314 g/mol. The minimum Gasteiger partial charge on any atom is -0.390 e. The van der Waals surface area contributed by atoms with Gasteiger partial charge in [-0.2, -0.15) is 4.98 Å². The predicted molar refractivity (Wildman–Crippen MR) is 95.3 cm³/mol. The van der Waals surface area contributed by atoms with E-state index in [2.05, 4.69) is 16.0 Å². The van der Waals surface area contributed by atoms with Gasteiger partial charge in [-0.05, 0) is 51.3 Å². The SMILES string of the molecule is CC(C)(O)C12CC(c3cc4c(ccn4-c4ccnc(N)n4)cn3)(C1)C2. The minimum absolute atomic E-state index is 0.0761. The Morgan fingerprint density at radius 2 is 1.96 bits per heavy atom. The first-order chi connectivity index (χ1) is 11.8. The van der Waals surface area contributed by atoms with Crippen molar-refractivity contribution in [1.82, 2.24) is 19.5 Å². The van der Waals surface area contributed by atoms with E-state index in [1.165, 1.54) is 0 Å². The first kappa shape index (κ1) is 14.8. The summed E-state index contributed by atoms with van der Waals surface area (Å²) in [4.78, 5) is 13.0. The largest absolute Gasteiger partial charge is 0.390 e. The van der Waals surface area contributed by atoms with Crippen molar-refractivity contribution in [3.8, 4) is 5.82 Å². The number of nitrogen functional groups attached to an aromatic ring is 1. The predicted octanol–water partition coefficient (Wildman–Crippen LogP) is 2.59. The summed E-state index contributed by atoms with van der Waals surface area (Å²) in [7, 11) is 0. The van der Waals surface area contributed by atoms with Gasteiger partial charge in [-0.25, -0.2) is 4.98 Å². The van der Waals surface area contributed by atoms with Crippen LogP contribution in [0.3, 0.4) is 0 Å². The Morgan fingerprint density at radius 1 is 1.20 bits per heavy atom. The van der Waals surface area contributed by atoms with E-state index in [9.17, 15) is 5.11 Å². The van der Waals surface area contributed by atoms with Crippen molar-refractivity contribution in [3.05, 3.63) is 42.5 Å². The van der Waals surface area contributed by atoms with E-state index in [1.54, 1.807) is 6.20 Å². The van der Waals surface area contributed by atoms with Crippen LogP contribution in [-0.4, -0.2) is 30.2 Å². The Balaban J connectivity index is 1.55. The molecule has 6 heteroatoms. The molecule has 3 heterocycles. The van der Waals surface area contributed by atoms with Gasteiger partial charge in [0, 0.05) is 40.5 Å². The molecule has 0 saturated heterocycles. The maximum atomic E-state index is 10.4. The molecule has 0 unspecified atom stereocenters. The molecule has 3 aliphatic rings. The Kier molecular flexibility index (Phi) is 2.60. The van der Waals surface area contributed by atoms with Gasteiger partial charge in [-0.3, -0.25) is 4.98 Å². The standard InChI is InChI=1S/C19H21N5O/c1-17(2,25)19-9-18(10-19,11-19)14-7-13-12(8-22-14)4-6-24(13)15-3-5-21-16(20)23-15/h3-8,25H,9-11H2,1-2H3,(H2,20,21,23). The summed E-state index contributed by atoms with van der Waals surface area (Å²) in [5, 5.41) is 11.5. The molecule has 3 aromatic heterocycles. The van der Waals surface area contributed by atoms with Gasteiger partial charge < -0.3 is 15.4 Å².